The number of amides is 1. The predicted octanol–water partition coefficient (Wildman–Crippen LogP) is 3.66. The molecule has 3 rings (SSSR count). The van der Waals surface area contributed by atoms with Crippen molar-refractivity contribution in [3.05, 3.63) is 93.4 Å². The molecular formula is C23H25N3O2S. The maximum absolute atomic E-state index is 12.4. The number of aromatic amines is 1. The Hall–Kier alpha value is -2.86. The molecule has 1 aromatic heterocycles. The number of hydrogen-bond donors (Lipinski definition) is 2. The summed E-state index contributed by atoms with van der Waals surface area (Å²) in [5.74, 6) is 0.572. The van der Waals surface area contributed by atoms with Crippen LogP contribution in [0.3, 0.4) is 0 Å². The van der Waals surface area contributed by atoms with Gasteiger partial charge in [-0.1, -0.05) is 72.4 Å². The van der Waals surface area contributed by atoms with E-state index in [0.29, 0.717) is 23.0 Å². The highest BCUT2D eigenvalue weighted by molar-refractivity contribution is 7.98. The molecule has 0 saturated carbocycles. The number of thioether (sulfide) groups is 1. The lowest BCUT2D eigenvalue weighted by molar-refractivity contribution is -0.120. The van der Waals surface area contributed by atoms with Crippen LogP contribution in [0.25, 0.3) is 0 Å². The maximum atomic E-state index is 12.4. The molecule has 0 unspecified atom stereocenters. The Bertz CT molecular complexity index is 988. The highest BCUT2D eigenvalue weighted by Crippen LogP contribution is 2.18. The van der Waals surface area contributed by atoms with Crippen molar-refractivity contribution in [1.29, 1.82) is 0 Å². The summed E-state index contributed by atoms with van der Waals surface area (Å²) >= 11 is 1.48. The fourth-order valence-corrected chi connectivity index (χ4v) is 3.84. The van der Waals surface area contributed by atoms with Crippen LogP contribution >= 0.6 is 11.8 Å². The van der Waals surface area contributed by atoms with Gasteiger partial charge in [-0.15, -0.1) is 0 Å². The molecule has 0 spiro atoms. The van der Waals surface area contributed by atoms with Crippen molar-refractivity contribution < 1.29 is 4.79 Å². The van der Waals surface area contributed by atoms with Gasteiger partial charge in [0, 0.05) is 23.6 Å². The average Bonchev–Trinajstić information content (AvgIpc) is 2.74. The third-order valence-corrected chi connectivity index (χ3v) is 5.51. The second-order valence-corrected chi connectivity index (χ2v) is 7.79. The summed E-state index contributed by atoms with van der Waals surface area (Å²) in [6.45, 7) is 2.36. The van der Waals surface area contributed by atoms with E-state index in [1.54, 1.807) is 6.92 Å². The molecule has 150 valence electrons. The van der Waals surface area contributed by atoms with Crippen LogP contribution in [0, 0.1) is 6.92 Å². The van der Waals surface area contributed by atoms with Gasteiger partial charge in [0.15, 0.2) is 5.16 Å². The zero-order chi connectivity index (χ0) is 20.5. The normalized spacial score (nSPS) is 10.7. The summed E-state index contributed by atoms with van der Waals surface area (Å²) in [5, 5.41) is 3.46. The Balaban J connectivity index is 1.49. The minimum Gasteiger partial charge on any atom is -0.356 e. The van der Waals surface area contributed by atoms with E-state index in [2.05, 4.69) is 27.4 Å². The van der Waals surface area contributed by atoms with Gasteiger partial charge in [-0.05, 0) is 30.9 Å². The fourth-order valence-electron chi connectivity index (χ4n) is 2.98. The quantitative estimate of drug-likeness (QED) is 0.322. The number of nitrogens with zero attached hydrogens (tertiary/aromatic N) is 1. The van der Waals surface area contributed by atoms with E-state index in [4.69, 9.17) is 0 Å². The van der Waals surface area contributed by atoms with Gasteiger partial charge in [0.1, 0.15) is 0 Å². The standard InChI is InChI=1S/C23H25N3O2S/c1-17-20(15-21(27)24-14-8-13-18-9-4-2-5-10-18)22(28)26-23(25-17)29-16-19-11-6-3-7-12-19/h2-7,9-12H,8,13-16H2,1H3,(H,24,27)(H,25,26,28). The first kappa shape index (κ1) is 20.9. The van der Waals surface area contributed by atoms with Crippen LogP contribution in [0.4, 0.5) is 0 Å². The molecule has 2 aromatic carbocycles. The largest absolute Gasteiger partial charge is 0.356 e. The van der Waals surface area contributed by atoms with E-state index in [-0.39, 0.29) is 17.9 Å². The van der Waals surface area contributed by atoms with E-state index >= 15 is 0 Å². The number of hydrogen-bond acceptors (Lipinski definition) is 4. The predicted molar refractivity (Wildman–Crippen MR) is 117 cm³/mol. The Morgan fingerprint density at radius 2 is 1.69 bits per heavy atom. The van der Waals surface area contributed by atoms with Crippen LogP contribution in [-0.2, 0) is 23.4 Å². The number of nitrogens with one attached hydrogen (secondary N) is 2. The first-order chi connectivity index (χ1) is 14.1. The van der Waals surface area contributed by atoms with Crippen LogP contribution in [0.15, 0.2) is 70.6 Å². The van der Waals surface area contributed by atoms with E-state index in [1.165, 1.54) is 17.3 Å². The van der Waals surface area contributed by atoms with Gasteiger partial charge in [-0.3, -0.25) is 9.59 Å². The summed E-state index contributed by atoms with van der Waals surface area (Å²) in [5.41, 5.74) is 3.20. The van der Waals surface area contributed by atoms with Crippen LogP contribution < -0.4 is 10.9 Å². The number of aryl methyl sites for hydroxylation is 2. The van der Waals surface area contributed by atoms with Gasteiger partial charge in [0.2, 0.25) is 5.91 Å². The summed E-state index contributed by atoms with van der Waals surface area (Å²) in [4.78, 5) is 31.9. The second-order valence-electron chi connectivity index (χ2n) is 6.83. The minimum atomic E-state index is -0.243. The highest BCUT2D eigenvalue weighted by Gasteiger charge is 2.13. The van der Waals surface area contributed by atoms with E-state index < -0.39 is 0 Å². The maximum Gasteiger partial charge on any atom is 0.255 e. The fraction of sp³-hybridized carbons (Fsp3) is 0.261. The molecule has 0 aliphatic carbocycles. The van der Waals surface area contributed by atoms with Crippen molar-refractivity contribution in [2.24, 2.45) is 0 Å². The monoisotopic (exact) mass is 407 g/mol. The smallest absolute Gasteiger partial charge is 0.255 e. The van der Waals surface area contributed by atoms with Gasteiger partial charge in [-0.25, -0.2) is 4.98 Å². The molecule has 1 amide bonds. The van der Waals surface area contributed by atoms with Crippen LogP contribution in [-0.4, -0.2) is 22.4 Å². The summed E-state index contributed by atoms with van der Waals surface area (Å²) in [7, 11) is 0. The molecule has 6 heteroatoms. The molecule has 3 aromatic rings. The summed E-state index contributed by atoms with van der Waals surface area (Å²) in [6, 6.07) is 20.2. The molecule has 1 heterocycles. The third-order valence-electron chi connectivity index (χ3n) is 4.56. The second kappa shape index (κ2) is 10.6. The first-order valence-corrected chi connectivity index (χ1v) is 10.7. The molecule has 0 fully saturated rings. The first-order valence-electron chi connectivity index (χ1n) is 9.69. The minimum absolute atomic E-state index is 0.0448. The van der Waals surface area contributed by atoms with Crippen molar-refractivity contribution in [1.82, 2.24) is 15.3 Å². The SMILES string of the molecule is Cc1nc(SCc2ccccc2)[nH]c(=O)c1CC(=O)NCCCc1ccccc1. The van der Waals surface area contributed by atoms with Crippen molar-refractivity contribution in [3.8, 4) is 0 Å². The molecule has 0 bridgehead atoms. The molecule has 0 saturated heterocycles. The van der Waals surface area contributed by atoms with Crippen molar-refractivity contribution >= 4 is 17.7 Å². The average molecular weight is 408 g/mol. The van der Waals surface area contributed by atoms with Gasteiger partial charge in [-0.2, -0.15) is 0 Å². The Labute approximate surface area is 175 Å². The van der Waals surface area contributed by atoms with E-state index in [1.807, 2.05) is 48.5 Å². The number of carbonyl (C=O) groups is 1. The summed E-state index contributed by atoms with van der Waals surface area (Å²) < 4.78 is 0. The van der Waals surface area contributed by atoms with E-state index in [9.17, 15) is 9.59 Å². The number of carbonyl (C=O) groups excluding carboxylic acids is 1. The molecule has 29 heavy (non-hydrogen) atoms. The molecule has 0 radical (unpaired) electrons. The third kappa shape index (κ3) is 6.61. The van der Waals surface area contributed by atoms with Gasteiger partial charge < -0.3 is 10.3 Å². The lowest BCUT2D eigenvalue weighted by atomic mass is 10.1. The molecule has 0 aliphatic rings. The van der Waals surface area contributed by atoms with Crippen LogP contribution in [0.2, 0.25) is 0 Å². The number of H-pyrrole nitrogens is 1. The van der Waals surface area contributed by atoms with E-state index in [0.717, 1.165) is 24.2 Å². The molecule has 2 N–H and O–H groups in total. The van der Waals surface area contributed by atoms with Gasteiger partial charge in [0.05, 0.1) is 6.42 Å². The van der Waals surface area contributed by atoms with Gasteiger partial charge in [0.25, 0.3) is 5.56 Å². The van der Waals surface area contributed by atoms with Crippen molar-refractivity contribution in [2.45, 2.75) is 37.1 Å². The highest BCUT2D eigenvalue weighted by atomic mass is 32.2. The molecule has 0 atom stereocenters. The topological polar surface area (TPSA) is 74.8 Å². The number of benzene rings is 2. The zero-order valence-electron chi connectivity index (χ0n) is 16.5. The van der Waals surface area contributed by atoms with Crippen molar-refractivity contribution in [2.75, 3.05) is 6.54 Å². The lowest BCUT2D eigenvalue weighted by Crippen LogP contribution is -2.30. The Kier molecular flexibility index (Phi) is 7.64. The summed E-state index contributed by atoms with van der Waals surface area (Å²) in [6.07, 6.45) is 1.82. The van der Waals surface area contributed by atoms with Crippen LogP contribution in [0.1, 0.15) is 28.8 Å². The lowest BCUT2D eigenvalue weighted by Gasteiger charge is -2.08. The molecule has 5 nitrogen and oxygen atoms in total. The molecular weight excluding hydrogens is 382 g/mol. The number of aromatic nitrogens is 2. The Morgan fingerprint density at radius 1 is 1.03 bits per heavy atom. The van der Waals surface area contributed by atoms with Crippen LogP contribution in [0.5, 0.6) is 0 Å². The Morgan fingerprint density at radius 3 is 2.34 bits per heavy atom. The van der Waals surface area contributed by atoms with Gasteiger partial charge >= 0.3 is 0 Å². The van der Waals surface area contributed by atoms with Crippen molar-refractivity contribution in [3.63, 3.8) is 0 Å². The zero-order valence-corrected chi connectivity index (χ0v) is 17.3. The number of rotatable bonds is 9. The molecule has 0 aliphatic heterocycles.